The topological polar surface area (TPSA) is 72.1 Å². The second-order valence-corrected chi connectivity index (χ2v) is 6.46. The summed E-state index contributed by atoms with van der Waals surface area (Å²) in [5.41, 5.74) is 11.0. The van der Waals surface area contributed by atoms with Gasteiger partial charge in [0.2, 0.25) is 5.91 Å². The van der Waals surface area contributed by atoms with E-state index in [0.29, 0.717) is 0 Å². The molecule has 1 aromatic carbocycles. The highest BCUT2D eigenvalue weighted by Gasteiger charge is 2.30. The third kappa shape index (κ3) is 3.04. The Morgan fingerprint density at radius 2 is 1.58 bits per heavy atom. The molecule has 0 saturated carbocycles. The number of carbonyl (C=O) groups is 1. The molecule has 0 radical (unpaired) electrons. The van der Waals surface area contributed by atoms with Crippen LogP contribution < -0.4 is 10.6 Å². The number of nitrogens with two attached hydrogens (primary N) is 1. The third-order valence-electron chi connectivity index (χ3n) is 4.89. The molecule has 3 heterocycles. The van der Waals surface area contributed by atoms with Gasteiger partial charge in [0.05, 0.1) is 0 Å². The molecule has 5 heteroatoms. The van der Waals surface area contributed by atoms with Crippen LogP contribution in [0.5, 0.6) is 0 Å². The number of rotatable bonds is 4. The van der Waals surface area contributed by atoms with Crippen molar-refractivity contribution in [2.45, 2.75) is 18.9 Å². The summed E-state index contributed by atoms with van der Waals surface area (Å²) in [6.45, 7) is 0.825. The summed E-state index contributed by atoms with van der Waals surface area (Å²) in [5, 5.41) is 0. The minimum atomic E-state index is -0.266. The minimum absolute atomic E-state index is 0.261. The van der Waals surface area contributed by atoms with Crippen molar-refractivity contribution in [1.82, 2.24) is 9.97 Å². The largest absolute Gasteiger partial charge is 0.368 e. The lowest BCUT2D eigenvalue weighted by molar-refractivity contribution is -0.119. The van der Waals surface area contributed by atoms with E-state index in [1.807, 2.05) is 24.3 Å². The van der Waals surface area contributed by atoms with E-state index in [-0.39, 0.29) is 11.9 Å². The Kier molecular flexibility index (Phi) is 4.35. The zero-order chi connectivity index (χ0) is 17.9. The van der Waals surface area contributed by atoms with Crippen molar-refractivity contribution in [3.05, 3.63) is 67.3 Å². The number of primary amides is 1. The van der Waals surface area contributed by atoms with Crippen LogP contribution in [0, 0.1) is 0 Å². The van der Waals surface area contributed by atoms with Crippen LogP contribution in [0.25, 0.3) is 22.3 Å². The van der Waals surface area contributed by atoms with Gasteiger partial charge in [-0.3, -0.25) is 14.8 Å². The second kappa shape index (κ2) is 6.96. The van der Waals surface area contributed by atoms with Gasteiger partial charge in [-0.25, -0.2) is 0 Å². The Morgan fingerprint density at radius 3 is 2.23 bits per heavy atom. The van der Waals surface area contributed by atoms with Crippen molar-refractivity contribution in [2.75, 3.05) is 11.4 Å². The minimum Gasteiger partial charge on any atom is -0.368 e. The fourth-order valence-corrected chi connectivity index (χ4v) is 3.62. The Labute approximate surface area is 152 Å². The highest BCUT2D eigenvalue weighted by molar-refractivity contribution is 5.89. The quantitative estimate of drug-likeness (QED) is 0.788. The van der Waals surface area contributed by atoms with Crippen LogP contribution in [0.1, 0.15) is 12.8 Å². The number of hydrogen-bond acceptors (Lipinski definition) is 4. The van der Waals surface area contributed by atoms with Gasteiger partial charge in [-0.2, -0.15) is 0 Å². The fourth-order valence-electron chi connectivity index (χ4n) is 3.62. The molecule has 1 aliphatic heterocycles. The molecule has 26 heavy (non-hydrogen) atoms. The molecule has 130 valence electrons. The first-order valence-electron chi connectivity index (χ1n) is 8.75. The lowest BCUT2D eigenvalue weighted by Crippen LogP contribution is -2.40. The van der Waals surface area contributed by atoms with Gasteiger partial charge < -0.3 is 10.6 Å². The van der Waals surface area contributed by atoms with Crippen molar-refractivity contribution in [3.8, 4) is 22.3 Å². The molecule has 1 fully saturated rings. The maximum Gasteiger partial charge on any atom is 0.240 e. The normalized spacial score (nSPS) is 16.6. The molecule has 5 nitrogen and oxygen atoms in total. The molecule has 0 bridgehead atoms. The number of carbonyl (C=O) groups excluding carboxylic acids is 1. The van der Waals surface area contributed by atoms with Crippen molar-refractivity contribution < 1.29 is 4.79 Å². The van der Waals surface area contributed by atoms with Crippen LogP contribution in [0.3, 0.4) is 0 Å². The Bertz CT molecular complexity index is 912. The van der Waals surface area contributed by atoms with Crippen molar-refractivity contribution in [1.29, 1.82) is 0 Å². The van der Waals surface area contributed by atoms with Gasteiger partial charge in [0.25, 0.3) is 0 Å². The predicted molar refractivity (Wildman–Crippen MR) is 102 cm³/mol. The molecular weight excluding hydrogens is 324 g/mol. The summed E-state index contributed by atoms with van der Waals surface area (Å²) >= 11 is 0. The van der Waals surface area contributed by atoms with Gasteiger partial charge in [-0.05, 0) is 59.9 Å². The molecule has 1 atom stereocenters. The molecule has 2 N–H and O–H groups in total. The average molecular weight is 344 g/mol. The Balaban J connectivity index is 1.86. The van der Waals surface area contributed by atoms with Gasteiger partial charge in [0.1, 0.15) is 6.04 Å². The maximum absolute atomic E-state index is 12.0. The summed E-state index contributed by atoms with van der Waals surface area (Å²) < 4.78 is 0. The third-order valence-corrected chi connectivity index (χ3v) is 4.89. The van der Waals surface area contributed by atoms with Crippen LogP contribution in [0.15, 0.2) is 67.3 Å². The first-order valence-corrected chi connectivity index (χ1v) is 8.75. The number of anilines is 1. The van der Waals surface area contributed by atoms with Crippen molar-refractivity contribution >= 4 is 11.6 Å². The van der Waals surface area contributed by atoms with E-state index in [0.717, 1.165) is 47.3 Å². The monoisotopic (exact) mass is 344 g/mol. The second-order valence-electron chi connectivity index (χ2n) is 6.46. The molecule has 1 amide bonds. The molecule has 2 aromatic heterocycles. The number of hydrogen-bond donors (Lipinski definition) is 1. The van der Waals surface area contributed by atoms with E-state index >= 15 is 0 Å². The SMILES string of the molecule is NC(=O)[C@@H]1CCCN1c1cc(-c2ccncc2)ccc1-c1ccncc1. The number of benzene rings is 1. The van der Waals surface area contributed by atoms with E-state index in [1.54, 1.807) is 24.8 Å². The smallest absolute Gasteiger partial charge is 0.240 e. The molecule has 0 unspecified atom stereocenters. The molecule has 1 saturated heterocycles. The molecule has 0 spiro atoms. The van der Waals surface area contributed by atoms with Crippen LogP contribution in [-0.4, -0.2) is 28.5 Å². The molecule has 4 rings (SSSR count). The fraction of sp³-hybridized carbons (Fsp3) is 0.190. The first-order chi connectivity index (χ1) is 12.7. The van der Waals surface area contributed by atoms with Gasteiger partial charge in [0, 0.05) is 42.6 Å². The zero-order valence-corrected chi connectivity index (χ0v) is 14.4. The highest BCUT2D eigenvalue weighted by atomic mass is 16.1. The van der Waals surface area contributed by atoms with E-state index in [2.05, 4.69) is 33.1 Å². The summed E-state index contributed by atoms with van der Waals surface area (Å²) in [6.07, 6.45) is 8.89. The number of nitrogens with zero attached hydrogens (tertiary/aromatic N) is 3. The van der Waals surface area contributed by atoms with Crippen LogP contribution >= 0.6 is 0 Å². The predicted octanol–water partition coefficient (Wildman–Crippen LogP) is 3.26. The summed E-state index contributed by atoms with van der Waals surface area (Å²) in [6, 6.07) is 14.0. The summed E-state index contributed by atoms with van der Waals surface area (Å²) in [7, 11) is 0. The lowest BCUT2D eigenvalue weighted by atomic mass is 9.98. The first kappa shape index (κ1) is 16.3. The standard InChI is InChI=1S/C21H20N4O/c22-21(26)19-2-1-13-25(19)20-14-17(15-5-9-23-10-6-15)3-4-18(20)16-7-11-24-12-8-16/h3-12,14,19H,1-2,13H2,(H2,22,26)/t19-/m0/s1. The van der Waals surface area contributed by atoms with Crippen LogP contribution in [0.2, 0.25) is 0 Å². The van der Waals surface area contributed by atoms with Crippen molar-refractivity contribution in [2.24, 2.45) is 5.73 Å². The van der Waals surface area contributed by atoms with Crippen LogP contribution in [0.4, 0.5) is 5.69 Å². The lowest BCUT2D eigenvalue weighted by Gasteiger charge is -2.27. The Hall–Kier alpha value is -3.21. The van der Waals surface area contributed by atoms with E-state index in [4.69, 9.17) is 5.73 Å². The maximum atomic E-state index is 12.0. The number of amides is 1. The number of pyridine rings is 2. The summed E-state index contributed by atoms with van der Waals surface area (Å²) in [5.74, 6) is -0.266. The van der Waals surface area contributed by atoms with E-state index in [9.17, 15) is 4.79 Å². The highest BCUT2D eigenvalue weighted by Crippen LogP contribution is 2.38. The number of aromatic nitrogens is 2. The molecule has 3 aromatic rings. The average Bonchev–Trinajstić information content (AvgIpc) is 3.19. The van der Waals surface area contributed by atoms with Crippen LogP contribution in [-0.2, 0) is 4.79 Å². The molecule has 1 aliphatic rings. The molecular formula is C21H20N4O. The van der Waals surface area contributed by atoms with E-state index in [1.165, 1.54) is 0 Å². The van der Waals surface area contributed by atoms with Gasteiger partial charge in [-0.1, -0.05) is 12.1 Å². The van der Waals surface area contributed by atoms with Gasteiger partial charge in [-0.15, -0.1) is 0 Å². The zero-order valence-electron chi connectivity index (χ0n) is 14.4. The van der Waals surface area contributed by atoms with Gasteiger partial charge in [0.15, 0.2) is 0 Å². The van der Waals surface area contributed by atoms with Gasteiger partial charge >= 0.3 is 0 Å². The van der Waals surface area contributed by atoms with Crippen molar-refractivity contribution in [3.63, 3.8) is 0 Å². The van der Waals surface area contributed by atoms with E-state index < -0.39 is 0 Å². The summed E-state index contributed by atoms with van der Waals surface area (Å²) in [4.78, 5) is 22.3. The molecule has 0 aliphatic carbocycles. The Morgan fingerprint density at radius 1 is 0.923 bits per heavy atom.